The van der Waals surface area contributed by atoms with Crippen LogP contribution in [0.25, 0.3) is 0 Å². The van der Waals surface area contributed by atoms with Gasteiger partial charge < -0.3 is 5.73 Å². The van der Waals surface area contributed by atoms with Crippen molar-refractivity contribution in [1.29, 1.82) is 0 Å². The summed E-state index contributed by atoms with van der Waals surface area (Å²) in [6.45, 7) is 0.539. The van der Waals surface area contributed by atoms with Crippen LogP contribution in [0.3, 0.4) is 0 Å². The van der Waals surface area contributed by atoms with Crippen molar-refractivity contribution in [2.45, 2.75) is 30.6 Å². The summed E-state index contributed by atoms with van der Waals surface area (Å²) in [6.07, 6.45) is 6.06. The van der Waals surface area contributed by atoms with Crippen LogP contribution < -0.4 is 10.5 Å². The summed E-state index contributed by atoms with van der Waals surface area (Å²) in [5, 5.41) is 0. The molecule has 2 aliphatic carbocycles. The van der Waals surface area contributed by atoms with Gasteiger partial charge in [-0.05, 0) is 49.1 Å². The average molecular weight is 311 g/mol. The predicted octanol–water partition coefficient (Wildman–Crippen LogP) is 1.18. The predicted molar refractivity (Wildman–Crippen MR) is 79.7 cm³/mol. The van der Waals surface area contributed by atoms with Crippen LogP contribution in [0, 0.1) is 11.3 Å². The quantitative estimate of drug-likeness (QED) is 0.771. The monoisotopic (exact) mass is 311 g/mol. The molecule has 0 aliphatic heterocycles. The van der Waals surface area contributed by atoms with Gasteiger partial charge in [-0.2, -0.15) is 0 Å². The minimum absolute atomic E-state index is 0.157. The molecule has 2 saturated carbocycles. The molecule has 1 heterocycles. The second-order valence-corrected chi connectivity index (χ2v) is 7.91. The highest BCUT2D eigenvalue weighted by atomic mass is 32.2. The number of hydrogen-bond donors (Lipinski definition) is 2. The van der Waals surface area contributed by atoms with Gasteiger partial charge in [-0.25, -0.2) is 13.1 Å². The first-order valence-electron chi connectivity index (χ1n) is 6.68. The molecule has 20 heavy (non-hydrogen) atoms. The molecule has 0 aromatic carbocycles. The normalized spacial score (nSPS) is 20.6. The Labute approximate surface area is 124 Å². The van der Waals surface area contributed by atoms with Crippen LogP contribution in [-0.2, 0) is 10.0 Å². The molecular weight excluding hydrogens is 294 g/mol. The largest absolute Gasteiger partial charge is 0.388 e. The molecule has 1 aromatic heterocycles. The third-order valence-electron chi connectivity index (χ3n) is 4.25. The van der Waals surface area contributed by atoms with Gasteiger partial charge in [0, 0.05) is 12.7 Å². The fraction of sp³-hybridized carbons (Fsp3) is 0.538. The van der Waals surface area contributed by atoms with Crippen LogP contribution in [0.15, 0.2) is 23.2 Å². The molecule has 3 N–H and O–H groups in total. The smallest absolute Gasteiger partial charge is 0.242 e. The van der Waals surface area contributed by atoms with E-state index >= 15 is 0 Å². The van der Waals surface area contributed by atoms with Gasteiger partial charge in [-0.15, -0.1) is 0 Å². The Bertz CT molecular complexity index is 632. The lowest BCUT2D eigenvalue weighted by Crippen LogP contribution is -2.31. The summed E-state index contributed by atoms with van der Waals surface area (Å²) >= 11 is 4.79. The van der Waals surface area contributed by atoms with E-state index in [1.54, 1.807) is 0 Å². The lowest BCUT2D eigenvalue weighted by molar-refractivity contribution is 0.432. The van der Waals surface area contributed by atoms with E-state index in [4.69, 9.17) is 18.0 Å². The zero-order valence-electron chi connectivity index (χ0n) is 11.0. The Kier molecular flexibility index (Phi) is 3.30. The molecule has 108 valence electrons. The number of aromatic nitrogens is 1. The van der Waals surface area contributed by atoms with Gasteiger partial charge in [-0.1, -0.05) is 12.2 Å². The summed E-state index contributed by atoms with van der Waals surface area (Å²) in [5.74, 6) is 0.723. The van der Waals surface area contributed by atoms with Gasteiger partial charge in [0.1, 0.15) is 9.88 Å². The first-order valence-corrected chi connectivity index (χ1v) is 8.58. The molecule has 3 rings (SSSR count). The fourth-order valence-electron chi connectivity index (χ4n) is 2.59. The number of hydrogen-bond acceptors (Lipinski definition) is 4. The molecule has 1 aromatic rings. The molecular formula is C13H17N3O2S2. The van der Waals surface area contributed by atoms with E-state index in [-0.39, 0.29) is 15.3 Å². The Morgan fingerprint density at radius 2 is 2.15 bits per heavy atom. The van der Waals surface area contributed by atoms with Crippen LogP contribution in [0.1, 0.15) is 31.4 Å². The molecule has 2 aliphatic rings. The Balaban J connectivity index is 1.69. The van der Waals surface area contributed by atoms with E-state index in [0.717, 1.165) is 18.8 Å². The molecule has 0 bridgehead atoms. The molecule has 0 radical (unpaired) electrons. The summed E-state index contributed by atoms with van der Waals surface area (Å²) < 4.78 is 27.1. The number of pyridine rings is 1. The summed E-state index contributed by atoms with van der Waals surface area (Å²) in [5.41, 5.74) is 6.10. The molecule has 0 atom stereocenters. The van der Waals surface area contributed by atoms with E-state index in [2.05, 4.69) is 9.71 Å². The van der Waals surface area contributed by atoms with Crippen molar-refractivity contribution < 1.29 is 8.42 Å². The number of nitrogens with one attached hydrogen (secondary N) is 1. The van der Waals surface area contributed by atoms with Crippen molar-refractivity contribution in [2.75, 3.05) is 6.54 Å². The zero-order chi connectivity index (χ0) is 14.4. The minimum atomic E-state index is -3.50. The van der Waals surface area contributed by atoms with Gasteiger partial charge >= 0.3 is 0 Å². The minimum Gasteiger partial charge on any atom is -0.388 e. The molecule has 0 amide bonds. The van der Waals surface area contributed by atoms with Crippen LogP contribution in [0.4, 0.5) is 0 Å². The number of sulfonamides is 1. The van der Waals surface area contributed by atoms with Crippen LogP contribution in [0.2, 0.25) is 0 Å². The fourth-order valence-corrected chi connectivity index (χ4v) is 3.80. The Morgan fingerprint density at radius 3 is 2.60 bits per heavy atom. The highest BCUT2D eigenvalue weighted by Crippen LogP contribution is 2.60. The highest BCUT2D eigenvalue weighted by molar-refractivity contribution is 7.89. The first-order chi connectivity index (χ1) is 9.43. The molecule has 0 spiro atoms. The van der Waals surface area contributed by atoms with Crippen molar-refractivity contribution in [1.82, 2.24) is 9.71 Å². The third-order valence-corrected chi connectivity index (χ3v) is 5.84. The molecule has 7 heteroatoms. The summed E-state index contributed by atoms with van der Waals surface area (Å²) in [7, 11) is -3.50. The van der Waals surface area contributed by atoms with E-state index in [1.807, 2.05) is 0 Å². The zero-order valence-corrected chi connectivity index (χ0v) is 12.6. The summed E-state index contributed by atoms with van der Waals surface area (Å²) in [6, 6.07) is 3.02. The molecule has 2 fully saturated rings. The van der Waals surface area contributed by atoms with Gasteiger partial charge in [0.05, 0.1) is 5.69 Å². The number of thiocarbonyl (C=S) groups is 1. The van der Waals surface area contributed by atoms with Gasteiger partial charge in [0.15, 0.2) is 0 Å². The summed E-state index contributed by atoms with van der Waals surface area (Å²) in [4.78, 5) is 4.28. The van der Waals surface area contributed by atoms with Gasteiger partial charge in [0.25, 0.3) is 0 Å². The number of nitrogens with two attached hydrogens (primary N) is 1. The second kappa shape index (κ2) is 4.75. The van der Waals surface area contributed by atoms with Crippen LogP contribution in [0.5, 0.6) is 0 Å². The van der Waals surface area contributed by atoms with Gasteiger partial charge in [0.2, 0.25) is 10.0 Å². The lowest BCUT2D eigenvalue weighted by atomic mass is 10.0. The van der Waals surface area contributed by atoms with Crippen molar-refractivity contribution >= 4 is 27.2 Å². The maximum absolute atomic E-state index is 12.2. The van der Waals surface area contributed by atoms with Crippen molar-refractivity contribution in [3.8, 4) is 0 Å². The first kappa shape index (κ1) is 13.9. The van der Waals surface area contributed by atoms with Crippen molar-refractivity contribution in [3.05, 3.63) is 24.0 Å². The second-order valence-electron chi connectivity index (χ2n) is 5.70. The molecule has 0 unspecified atom stereocenters. The number of rotatable bonds is 6. The number of nitrogens with zero attached hydrogens (tertiary/aromatic N) is 1. The Morgan fingerprint density at radius 1 is 1.45 bits per heavy atom. The maximum Gasteiger partial charge on any atom is 0.242 e. The van der Waals surface area contributed by atoms with Crippen molar-refractivity contribution in [3.63, 3.8) is 0 Å². The standard InChI is InChI=1S/C13H17N3O2S2/c14-12(19)11-4-3-10(7-15-11)20(17,18)16-8-13(5-6-13)9-1-2-9/h3-4,7,9,16H,1-2,5-6,8H2,(H2,14,19). The Hall–Kier alpha value is -1.05. The molecule has 0 saturated heterocycles. The maximum atomic E-state index is 12.2. The van der Waals surface area contributed by atoms with E-state index in [9.17, 15) is 8.42 Å². The SMILES string of the molecule is NC(=S)c1ccc(S(=O)(=O)NCC2(C3CC3)CC2)cn1. The van der Waals surface area contributed by atoms with Crippen molar-refractivity contribution in [2.24, 2.45) is 17.1 Å². The lowest BCUT2D eigenvalue weighted by Gasteiger charge is -2.15. The topological polar surface area (TPSA) is 85.1 Å². The third kappa shape index (κ3) is 2.70. The van der Waals surface area contributed by atoms with E-state index in [1.165, 1.54) is 31.2 Å². The van der Waals surface area contributed by atoms with E-state index in [0.29, 0.717) is 12.2 Å². The van der Waals surface area contributed by atoms with Crippen LogP contribution >= 0.6 is 12.2 Å². The molecule has 5 nitrogen and oxygen atoms in total. The van der Waals surface area contributed by atoms with E-state index < -0.39 is 10.0 Å². The van der Waals surface area contributed by atoms with Crippen LogP contribution in [-0.4, -0.2) is 24.9 Å². The van der Waals surface area contributed by atoms with Gasteiger partial charge in [-0.3, -0.25) is 4.98 Å². The average Bonchev–Trinajstić information content (AvgIpc) is 3.28. The highest BCUT2D eigenvalue weighted by Gasteiger charge is 2.53.